The lowest BCUT2D eigenvalue weighted by Gasteiger charge is -2.06. The summed E-state index contributed by atoms with van der Waals surface area (Å²) in [6.07, 6.45) is -3.29. The summed E-state index contributed by atoms with van der Waals surface area (Å²) < 4.78 is 39.6. The Morgan fingerprint density at radius 1 is 1.04 bits per heavy atom. The topological polar surface area (TPSA) is 43.6 Å². The van der Waals surface area contributed by atoms with Gasteiger partial charge in [0.25, 0.3) is 5.95 Å². The second kappa shape index (κ2) is 5.91. The third-order valence-corrected chi connectivity index (χ3v) is 3.67. The third kappa shape index (κ3) is 3.52. The first-order valence-corrected chi connectivity index (χ1v) is 7.66. The molecule has 0 spiro atoms. The van der Waals surface area contributed by atoms with Crippen LogP contribution < -0.4 is 0 Å². The minimum atomic E-state index is -4.49. The van der Waals surface area contributed by atoms with Crippen molar-refractivity contribution in [3.05, 3.63) is 57.6 Å². The molecule has 0 N–H and O–H groups in total. The zero-order valence-corrected chi connectivity index (χ0v) is 14.0. The average molecular weight is 430 g/mol. The van der Waals surface area contributed by atoms with E-state index in [1.165, 1.54) is 6.20 Å². The molecular formula is C15H10F3IN4. The molecule has 0 atom stereocenters. The Labute approximate surface area is 143 Å². The molecule has 0 amide bonds. The van der Waals surface area contributed by atoms with Crippen molar-refractivity contribution < 1.29 is 13.2 Å². The smallest absolute Gasteiger partial charge is 0.211 e. The Hall–Kier alpha value is -1.97. The van der Waals surface area contributed by atoms with Crippen LogP contribution in [0, 0.1) is 10.6 Å². The van der Waals surface area contributed by atoms with Crippen LogP contribution >= 0.6 is 22.6 Å². The summed E-state index contributed by atoms with van der Waals surface area (Å²) in [5.41, 5.74) is 1.63. The van der Waals surface area contributed by atoms with Gasteiger partial charge in [-0.15, -0.1) is 0 Å². The van der Waals surface area contributed by atoms with Gasteiger partial charge in [0.05, 0.1) is 5.69 Å². The molecule has 8 heteroatoms. The van der Waals surface area contributed by atoms with Gasteiger partial charge in [0, 0.05) is 11.8 Å². The van der Waals surface area contributed by atoms with E-state index in [1.54, 1.807) is 6.07 Å². The van der Waals surface area contributed by atoms with Gasteiger partial charge in [-0.2, -0.15) is 18.3 Å². The largest absolute Gasteiger partial charge is 0.435 e. The number of hydrogen-bond donors (Lipinski definition) is 0. The van der Waals surface area contributed by atoms with Crippen molar-refractivity contribution >= 4 is 22.6 Å². The maximum atomic E-state index is 12.7. The number of rotatable bonds is 2. The Balaban J connectivity index is 2.04. The number of nitrogens with zero attached hydrogens (tertiary/aromatic N) is 4. The van der Waals surface area contributed by atoms with Crippen LogP contribution in [0.2, 0.25) is 0 Å². The molecule has 4 nitrogen and oxygen atoms in total. The van der Waals surface area contributed by atoms with E-state index in [4.69, 9.17) is 0 Å². The van der Waals surface area contributed by atoms with Crippen molar-refractivity contribution in [1.29, 1.82) is 0 Å². The first-order chi connectivity index (χ1) is 10.8. The molecule has 0 unspecified atom stereocenters. The van der Waals surface area contributed by atoms with Gasteiger partial charge >= 0.3 is 6.18 Å². The summed E-state index contributed by atoms with van der Waals surface area (Å²) in [5.74, 6) is 0.1000. The Morgan fingerprint density at radius 2 is 1.74 bits per heavy atom. The van der Waals surface area contributed by atoms with Gasteiger partial charge in [0.2, 0.25) is 0 Å². The zero-order chi connectivity index (χ0) is 16.6. The zero-order valence-electron chi connectivity index (χ0n) is 11.8. The highest BCUT2D eigenvalue weighted by Crippen LogP contribution is 2.28. The lowest BCUT2D eigenvalue weighted by atomic mass is 10.1. The first kappa shape index (κ1) is 15.9. The monoisotopic (exact) mass is 430 g/mol. The first-order valence-electron chi connectivity index (χ1n) is 6.58. The van der Waals surface area contributed by atoms with Crippen LogP contribution in [0.15, 0.2) is 42.6 Å². The summed E-state index contributed by atoms with van der Waals surface area (Å²) in [5, 5.41) is 3.51. The minimum absolute atomic E-state index is 0.1000. The minimum Gasteiger partial charge on any atom is -0.211 e. The molecule has 0 saturated heterocycles. The second-order valence-corrected chi connectivity index (χ2v) is 5.99. The molecule has 0 saturated carbocycles. The molecule has 23 heavy (non-hydrogen) atoms. The summed E-state index contributed by atoms with van der Waals surface area (Å²) in [6.45, 7) is 1.97. The number of hydrogen-bond acceptors (Lipinski definition) is 3. The lowest BCUT2D eigenvalue weighted by molar-refractivity contribution is -0.141. The fourth-order valence-corrected chi connectivity index (χ4v) is 2.48. The van der Waals surface area contributed by atoms with Crippen LogP contribution in [0.1, 0.15) is 11.3 Å². The molecule has 1 aromatic carbocycles. The lowest BCUT2D eigenvalue weighted by Crippen LogP contribution is -2.09. The van der Waals surface area contributed by atoms with E-state index in [1.807, 2.05) is 53.8 Å². The molecule has 0 bridgehead atoms. The maximum absolute atomic E-state index is 12.7. The van der Waals surface area contributed by atoms with Crippen molar-refractivity contribution in [3.8, 4) is 17.2 Å². The van der Waals surface area contributed by atoms with Crippen LogP contribution in [0.4, 0.5) is 13.2 Å². The highest BCUT2D eigenvalue weighted by molar-refractivity contribution is 14.1. The summed E-state index contributed by atoms with van der Waals surface area (Å²) in [7, 11) is 0. The highest BCUT2D eigenvalue weighted by atomic mass is 127. The van der Waals surface area contributed by atoms with Gasteiger partial charge in [-0.25, -0.2) is 14.6 Å². The van der Waals surface area contributed by atoms with E-state index in [-0.39, 0.29) is 5.95 Å². The van der Waals surface area contributed by atoms with Gasteiger partial charge in [0.1, 0.15) is 3.70 Å². The van der Waals surface area contributed by atoms with Crippen molar-refractivity contribution in [3.63, 3.8) is 0 Å². The van der Waals surface area contributed by atoms with Crippen molar-refractivity contribution in [2.75, 3.05) is 0 Å². The molecule has 2 heterocycles. The van der Waals surface area contributed by atoms with Gasteiger partial charge in [-0.1, -0.05) is 29.8 Å². The quantitative estimate of drug-likeness (QED) is 0.451. The Bertz CT molecular complexity index is 841. The molecule has 3 rings (SSSR count). The SMILES string of the molecule is Cc1ccc(-c2cc(I)nc(-n3ccc(C(F)(F)F)n3)n2)cc1. The van der Waals surface area contributed by atoms with Crippen molar-refractivity contribution in [2.24, 2.45) is 0 Å². The standard InChI is InChI=1S/C15H10F3IN4/c1-9-2-4-10(5-3-9)11-8-13(19)21-14(20-11)23-7-6-12(22-23)15(16,17)18/h2-8H,1H3. The molecule has 3 aromatic rings. The maximum Gasteiger partial charge on any atom is 0.435 e. The number of halogens is 4. The van der Waals surface area contributed by atoms with Crippen molar-refractivity contribution in [1.82, 2.24) is 19.7 Å². The molecule has 0 radical (unpaired) electrons. The summed E-state index contributed by atoms with van der Waals surface area (Å²) in [6, 6.07) is 10.4. The van der Waals surface area contributed by atoms with Crippen LogP contribution in [0.5, 0.6) is 0 Å². The molecule has 0 aliphatic rings. The Kier molecular flexibility index (Phi) is 4.09. The number of aromatic nitrogens is 4. The van der Waals surface area contributed by atoms with Crippen LogP contribution in [-0.4, -0.2) is 19.7 Å². The van der Waals surface area contributed by atoms with Crippen LogP contribution in [0.3, 0.4) is 0 Å². The van der Waals surface area contributed by atoms with E-state index < -0.39 is 11.9 Å². The van der Waals surface area contributed by atoms with Crippen LogP contribution in [-0.2, 0) is 6.18 Å². The molecule has 2 aromatic heterocycles. The highest BCUT2D eigenvalue weighted by Gasteiger charge is 2.33. The van der Waals surface area contributed by atoms with E-state index in [9.17, 15) is 13.2 Å². The number of alkyl halides is 3. The number of benzene rings is 1. The fraction of sp³-hybridized carbons (Fsp3) is 0.133. The number of aryl methyl sites for hydroxylation is 1. The molecule has 118 valence electrons. The van der Waals surface area contributed by atoms with E-state index in [0.29, 0.717) is 9.39 Å². The van der Waals surface area contributed by atoms with Gasteiger partial charge < -0.3 is 0 Å². The van der Waals surface area contributed by atoms with E-state index in [0.717, 1.165) is 21.9 Å². The predicted molar refractivity (Wildman–Crippen MR) is 87.0 cm³/mol. The second-order valence-electron chi connectivity index (χ2n) is 4.89. The Morgan fingerprint density at radius 3 is 2.35 bits per heavy atom. The molecular weight excluding hydrogens is 420 g/mol. The van der Waals surface area contributed by atoms with E-state index in [2.05, 4.69) is 15.1 Å². The molecule has 0 aliphatic carbocycles. The van der Waals surface area contributed by atoms with Gasteiger partial charge in [-0.05, 0) is 41.6 Å². The average Bonchev–Trinajstić information content (AvgIpc) is 2.97. The molecule has 0 fully saturated rings. The summed E-state index contributed by atoms with van der Waals surface area (Å²) in [4.78, 5) is 8.47. The molecule has 0 aliphatic heterocycles. The van der Waals surface area contributed by atoms with Crippen LogP contribution in [0.25, 0.3) is 17.2 Å². The van der Waals surface area contributed by atoms with Gasteiger partial charge in [0.15, 0.2) is 5.69 Å². The summed E-state index contributed by atoms with van der Waals surface area (Å²) >= 11 is 2.00. The van der Waals surface area contributed by atoms with Crippen molar-refractivity contribution in [2.45, 2.75) is 13.1 Å². The normalized spacial score (nSPS) is 11.7. The predicted octanol–water partition coefficient (Wildman–Crippen LogP) is 4.26. The van der Waals surface area contributed by atoms with E-state index >= 15 is 0 Å². The third-order valence-electron chi connectivity index (χ3n) is 3.11. The fourth-order valence-electron chi connectivity index (χ4n) is 1.97. The van der Waals surface area contributed by atoms with Gasteiger partial charge in [-0.3, -0.25) is 0 Å².